The molecule has 0 aromatic heterocycles. The maximum absolute atomic E-state index is 13.1. The first kappa shape index (κ1) is 22.5. The molecule has 0 bridgehead atoms. The summed E-state index contributed by atoms with van der Waals surface area (Å²) in [6, 6.07) is 8.92. The third-order valence-electron chi connectivity index (χ3n) is 6.53. The highest BCUT2D eigenvalue weighted by Gasteiger charge is 2.33. The first-order valence-corrected chi connectivity index (χ1v) is 13.1. The van der Waals surface area contributed by atoms with Crippen LogP contribution in [-0.4, -0.2) is 45.0 Å². The molecule has 33 heavy (non-hydrogen) atoms. The van der Waals surface area contributed by atoms with E-state index in [2.05, 4.69) is 0 Å². The van der Waals surface area contributed by atoms with Crippen molar-refractivity contribution in [2.75, 3.05) is 26.3 Å². The van der Waals surface area contributed by atoms with Crippen molar-refractivity contribution in [1.29, 1.82) is 0 Å². The van der Waals surface area contributed by atoms with Crippen LogP contribution in [0.25, 0.3) is 0 Å². The third-order valence-corrected chi connectivity index (χ3v) is 8.71. The SMILES string of the molecule is O=C(OCc1cc(Cl)c2c(c1)OCCO2)C1CCN(S(=O)(=O)c2ccc3c(c2)CCC3)CC1. The van der Waals surface area contributed by atoms with E-state index >= 15 is 0 Å². The number of fused-ring (bicyclic) bond motifs is 2. The molecule has 1 aliphatic carbocycles. The second-order valence-electron chi connectivity index (χ2n) is 8.67. The van der Waals surface area contributed by atoms with Gasteiger partial charge in [0.15, 0.2) is 11.5 Å². The van der Waals surface area contributed by atoms with Gasteiger partial charge in [0.05, 0.1) is 15.8 Å². The van der Waals surface area contributed by atoms with Gasteiger partial charge >= 0.3 is 5.97 Å². The first-order chi connectivity index (χ1) is 15.9. The summed E-state index contributed by atoms with van der Waals surface area (Å²) >= 11 is 6.24. The molecule has 1 saturated heterocycles. The Labute approximate surface area is 198 Å². The second kappa shape index (κ2) is 9.16. The summed E-state index contributed by atoms with van der Waals surface area (Å²) in [5, 5.41) is 0.420. The molecule has 2 aliphatic heterocycles. The zero-order valence-electron chi connectivity index (χ0n) is 18.2. The first-order valence-electron chi connectivity index (χ1n) is 11.3. The number of piperidine rings is 1. The lowest BCUT2D eigenvalue weighted by molar-refractivity contribution is -0.151. The van der Waals surface area contributed by atoms with Crippen molar-refractivity contribution in [3.05, 3.63) is 52.0 Å². The fraction of sp³-hybridized carbons (Fsp3) is 0.458. The fourth-order valence-electron chi connectivity index (χ4n) is 4.71. The molecule has 0 atom stereocenters. The predicted octanol–water partition coefficient (Wildman–Crippen LogP) is 3.74. The topological polar surface area (TPSA) is 82.1 Å². The van der Waals surface area contributed by atoms with Gasteiger partial charge in [0.2, 0.25) is 10.0 Å². The third kappa shape index (κ3) is 4.56. The lowest BCUT2D eigenvalue weighted by Gasteiger charge is -2.30. The van der Waals surface area contributed by atoms with E-state index in [1.54, 1.807) is 18.2 Å². The van der Waals surface area contributed by atoms with E-state index in [4.69, 9.17) is 25.8 Å². The van der Waals surface area contributed by atoms with Crippen LogP contribution in [0.4, 0.5) is 0 Å². The molecule has 1 fully saturated rings. The van der Waals surface area contributed by atoms with Crippen LogP contribution in [0.1, 0.15) is 36.0 Å². The Balaban J connectivity index is 1.17. The Bertz CT molecular complexity index is 1170. The zero-order valence-corrected chi connectivity index (χ0v) is 19.8. The van der Waals surface area contributed by atoms with Gasteiger partial charge in [-0.15, -0.1) is 0 Å². The highest BCUT2D eigenvalue weighted by molar-refractivity contribution is 7.89. The van der Waals surface area contributed by atoms with Crippen molar-refractivity contribution >= 4 is 27.6 Å². The lowest BCUT2D eigenvalue weighted by Crippen LogP contribution is -2.40. The van der Waals surface area contributed by atoms with E-state index < -0.39 is 10.0 Å². The molecule has 2 aromatic carbocycles. The average Bonchev–Trinajstić information content (AvgIpc) is 3.31. The van der Waals surface area contributed by atoms with E-state index in [1.807, 2.05) is 12.1 Å². The molecule has 2 aromatic rings. The van der Waals surface area contributed by atoms with E-state index in [0.717, 1.165) is 24.8 Å². The highest BCUT2D eigenvalue weighted by Crippen LogP contribution is 2.38. The minimum Gasteiger partial charge on any atom is -0.486 e. The number of ether oxygens (including phenoxy) is 3. The van der Waals surface area contributed by atoms with E-state index in [1.165, 1.54) is 9.87 Å². The summed E-state index contributed by atoms with van der Waals surface area (Å²) in [5.74, 6) is 0.402. The van der Waals surface area contributed by atoms with Crippen LogP contribution in [0.3, 0.4) is 0 Å². The molecular weight excluding hydrogens is 466 g/mol. The van der Waals surface area contributed by atoms with Gasteiger partial charge in [-0.25, -0.2) is 8.42 Å². The molecule has 7 nitrogen and oxygen atoms in total. The molecule has 0 radical (unpaired) electrons. The smallest absolute Gasteiger partial charge is 0.309 e. The number of hydrogen-bond acceptors (Lipinski definition) is 6. The molecule has 3 aliphatic rings. The number of nitrogens with zero attached hydrogens (tertiary/aromatic N) is 1. The van der Waals surface area contributed by atoms with Gasteiger partial charge in [-0.1, -0.05) is 17.7 Å². The van der Waals surface area contributed by atoms with Gasteiger partial charge in [0.25, 0.3) is 0 Å². The van der Waals surface area contributed by atoms with Crippen molar-refractivity contribution < 1.29 is 27.4 Å². The number of aryl methyl sites for hydroxylation is 2. The van der Waals surface area contributed by atoms with Crippen molar-refractivity contribution in [2.24, 2.45) is 5.92 Å². The van der Waals surface area contributed by atoms with Gasteiger partial charge in [-0.3, -0.25) is 4.79 Å². The van der Waals surface area contributed by atoms with E-state index in [-0.39, 0.29) is 18.5 Å². The van der Waals surface area contributed by atoms with E-state index in [9.17, 15) is 13.2 Å². The summed E-state index contributed by atoms with van der Waals surface area (Å²) < 4.78 is 44.2. The number of esters is 1. The Morgan fingerprint density at radius 1 is 1.06 bits per heavy atom. The summed E-state index contributed by atoms with van der Waals surface area (Å²) in [4.78, 5) is 13.0. The summed E-state index contributed by atoms with van der Waals surface area (Å²) in [6.07, 6.45) is 3.89. The zero-order chi connectivity index (χ0) is 23.0. The van der Waals surface area contributed by atoms with Crippen LogP contribution in [-0.2, 0) is 39.0 Å². The molecule has 0 amide bonds. The molecule has 0 unspecified atom stereocenters. The molecule has 2 heterocycles. The van der Waals surface area contributed by atoms with Crippen LogP contribution < -0.4 is 9.47 Å². The van der Waals surface area contributed by atoms with Crippen LogP contribution in [0.15, 0.2) is 35.2 Å². The molecular formula is C24H26ClNO6S. The number of hydrogen-bond donors (Lipinski definition) is 0. The van der Waals surface area contributed by atoms with Crippen LogP contribution in [0.5, 0.6) is 11.5 Å². The van der Waals surface area contributed by atoms with Crippen LogP contribution in [0.2, 0.25) is 5.02 Å². The highest BCUT2D eigenvalue weighted by atomic mass is 35.5. The Kier molecular flexibility index (Phi) is 6.24. The minimum absolute atomic E-state index is 0.0723. The average molecular weight is 492 g/mol. The molecule has 176 valence electrons. The summed E-state index contributed by atoms with van der Waals surface area (Å²) in [7, 11) is -3.56. The molecule has 5 rings (SSSR count). The quantitative estimate of drug-likeness (QED) is 0.592. The number of carbonyl (C=O) groups excluding carboxylic acids is 1. The monoisotopic (exact) mass is 491 g/mol. The minimum atomic E-state index is -3.56. The number of carbonyl (C=O) groups is 1. The summed E-state index contributed by atoms with van der Waals surface area (Å²) in [6.45, 7) is 1.56. The van der Waals surface area contributed by atoms with Gasteiger partial charge in [-0.2, -0.15) is 4.31 Å². The number of benzene rings is 2. The number of halogens is 1. The predicted molar refractivity (Wildman–Crippen MR) is 122 cm³/mol. The van der Waals surface area contributed by atoms with Gasteiger partial charge in [0, 0.05) is 13.1 Å². The Hall–Kier alpha value is -2.29. The van der Waals surface area contributed by atoms with Crippen molar-refractivity contribution in [3.63, 3.8) is 0 Å². The van der Waals surface area contributed by atoms with Crippen molar-refractivity contribution in [2.45, 2.75) is 43.6 Å². The molecule has 0 N–H and O–H groups in total. The van der Waals surface area contributed by atoms with Gasteiger partial charge < -0.3 is 14.2 Å². The molecule has 0 saturated carbocycles. The van der Waals surface area contributed by atoms with Crippen LogP contribution in [0, 0.1) is 5.92 Å². The maximum atomic E-state index is 13.1. The molecule has 9 heteroatoms. The molecule has 0 spiro atoms. The lowest BCUT2D eigenvalue weighted by atomic mass is 9.98. The largest absolute Gasteiger partial charge is 0.486 e. The summed E-state index contributed by atoms with van der Waals surface area (Å²) in [5.41, 5.74) is 3.10. The Morgan fingerprint density at radius 3 is 2.64 bits per heavy atom. The van der Waals surface area contributed by atoms with Gasteiger partial charge in [0.1, 0.15) is 19.8 Å². The van der Waals surface area contributed by atoms with Gasteiger partial charge in [-0.05, 0) is 73.1 Å². The Morgan fingerprint density at radius 2 is 1.82 bits per heavy atom. The van der Waals surface area contributed by atoms with Crippen molar-refractivity contribution in [1.82, 2.24) is 4.31 Å². The fourth-order valence-corrected chi connectivity index (χ4v) is 6.52. The van der Waals surface area contributed by atoms with E-state index in [0.29, 0.717) is 66.1 Å². The standard InChI is InChI=1S/C24H26ClNO6S/c25-21-12-16(13-22-23(21)31-11-10-30-22)15-32-24(27)18-6-8-26(9-7-18)33(28,29)20-5-4-17-2-1-3-19(17)14-20/h4-5,12-14,18H,1-3,6-11,15H2. The number of sulfonamides is 1. The van der Waals surface area contributed by atoms with Crippen LogP contribution >= 0.6 is 11.6 Å². The second-order valence-corrected chi connectivity index (χ2v) is 11.0. The normalized spacial score (nSPS) is 18.7. The maximum Gasteiger partial charge on any atom is 0.309 e. The van der Waals surface area contributed by atoms with Crippen molar-refractivity contribution in [3.8, 4) is 11.5 Å². The number of rotatable bonds is 5.